The summed E-state index contributed by atoms with van der Waals surface area (Å²) in [5.74, 6) is -1.11. The zero-order valence-electron chi connectivity index (χ0n) is 15.3. The quantitative estimate of drug-likeness (QED) is 0.464. The fourth-order valence-electron chi connectivity index (χ4n) is 3.66. The van der Waals surface area contributed by atoms with Crippen molar-refractivity contribution in [2.45, 2.75) is 37.8 Å². The Morgan fingerprint density at radius 3 is 2.79 bits per heavy atom. The average Bonchev–Trinajstić information content (AvgIpc) is 3.13. The Morgan fingerprint density at radius 2 is 2.00 bits per heavy atom. The molecule has 7 N–H and O–H groups in total. The Morgan fingerprint density at radius 1 is 1.18 bits per heavy atom. The highest BCUT2D eigenvalue weighted by Crippen LogP contribution is 2.27. The molecule has 7 nitrogen and oxygen atoms in total. The Hall–Kier alpha value is -3.13. The highest BCUT2D eigenvalue weighted by Gasteiger charge is 2.24. The predicted octanol–water partition coefficient (Wildman–Crippen LogP) is 3.23. The molecule has 1 amide bonds. The molecule has 1 aliphatic rings. The average molecular weight is 382 g/mol. The van der Waals surface area contributed by atoms with Crippen LogP contribution in [0.25, 0.3) is 10.9 Å². The molecule has 3 aromatic rings. The van der Waals surface area contributed by atoms with Gasteiger partial charge in [-0.3, -0.25) is 4.79 Å². The third kappa shape index (κ3) is 3.63. The summed E-state index contributed by atoms with van der Waals surface area (Å²) in [6, 6.07) is 8.60. The number of aromatic amines is 1. The first kappa shape index (κ1) is 18.2. The highest BCUT2D eigenvalue weighted by atomic mass is 19.1. The number of benzene rings is 1. The molecule has 0 bridgehead atoms. The van der Waals surface area contributed by atoms with Crippen molar-refractivity contribution in [1.29, 1.82) is 0 Å². The summed E-state index contributed by atoms with van der Waals surface area (Å²) in [7, 11) is 0. The van der Waals surface area contributed by atoms with E-state index in [0.29, 0.717) is 5.69 Å². The van der Waals surface area contributed by atoms with Gasteiger partial charge in [-0.2, -0.15) is 0 Å². The summed E-state index contributed by atoms with van der Waals surface area (Å²) in [6.07, 6.45) is 5.69. The molecule has 1 fully saturated rings. The Bertz CT molecular complexity index is 1020. The smallest absolute Gasteiger partial charge is 0.252 e. The number of pyridine rings is 1. The SMILES string of the molecule is NC(=O)c1cc(F)c(NC2CCCCC2N)nc1Nc1ccc2[nH]ccc2c1. The van der Waals surface area contributed by atoms with E-state index < -0.39 is 11.7 Å². The van der Waals surface area contributed by atoms with E-state index in [1.165, 1.54) is 0 Å². The number of carbonyl (C=O) groups excluding carboxylic acids is 1. The van der Waals surface area contributed by atoms with Gasteiger partial charge in [0.05, 0.1) is 5.56 Å². The van der Waals surface area contributed by atoms with Gasteiger partial charge in [-0.15, -0.1) is 0 Å². The van der Waals surface area contributed by atoms with E-state index in [-0.39, 0.29) is 29.3 Å². The zero-order chi connectivity index (χ0) is 19.7. The molecule has 0 spiro atoms. The largest absolute Gasteiger partial charge is 0.365 e. The summed E-state index contributed by atoms with van der Waals surface area (Å²) in [5.41, 5.74) is 13.3. The summed E-state index contributed by atoms with van der Waals surface area (Å²) in [6.45, 7) is 0. The molecule has 2 aromatic heterocycles. The van der Waals surface area contributed by atoms with Crippen LogP contribution in [0.5, 0.6) is 0 Å². The molecular formula is C20H23FN6O. The zero-order valence-corrected chi connectivity index (χ0v) is 15.3. The number of hydrogen-bond donors (Lipinski definition) is 5. The molecule has 28 heavy (non-hydrogen) atoms. The Balaban J connectivity index is 1.66. The molecular weight excluding hydrogens is 359 g/mol. The molecule has 8 heteroatoms. The van der Waals surface area contributed by atoms with E-state index in [0.717, 1.165) is 42.7 Å². The van der Waals surface area contributed by atoms with Crippen molar-refractivity contribution in [1.82, 2.24) is 9.97 Å². The number of nitrogens with zero attached hydrogens (tertiary/aromatic N) is 1. The fourth-order valence-corrected chi connectivity index (χ4v) is 3.66. The summed E-state index contributed by atoms with van der Waals surface area (Å²) < 4.78 is 14.6. The van der Waals surface area contributed by atoms with Crippen molar-refractivity contribution in [3.05, 3.63) is 47.9 Å². The number of amides is 1. The second-order valence-electron chi connectivity index (χ2n) is 7.18. The third-order valence-electron chi connectivity index (χ3n) is 5.20. The molecule has 2 heterocycles. The summed E-state index contributed by atoms with van der Waals surface area (Å²) in [4.78, 5) is 19.3. The van der Waals surface area contributed by atoms with Crippen LogP contribution in [0.4, 0.5) is 21.7 Å². The van der Waals surface area contributed by atoms with E-state index in [9.17, 15) is 9.18 Å². The molecule has 2 unspecified atom stereocenters. The number of hydrogen-bond acceptors (Lipinski definition) is 5. The number of nitrogens with two attached hydrogens (primary N) is 2. The van der Waals surface area contributed by atoms with Crippen LogP contribution in [0.1, 0.15) is 36.0 Å². The van der Waals surface area contributed by atoms with Crippen LogP contribution in [-0.2, 0) is 0 Å². The first-order valence-electron chi connectivity index (χ1n) is 9.38. The van der Waals surface area contributed by atoms with Crippen molar-refractivity contribution in [3.8, 4) is 0 Å². The Labute approximate surface area is 161 Å². The van der Waals surface area contributed by atoms with Gasteiger partial charge in [0, 0.05) is 34.9 Å². The van der Waals surface area contributed by atoms with Gasteiger partial charge in [0.25, 0.3) is 5.91 Å². The van der Waals surface area contributed by atoms with Crippen LogP contribution in [-0.4, -0.2) is 28.0 Å². The minimum absolute atomic E-state index is 0.00911. The van der Waals surface area contributed by atoms with E-state index in [1.807, 2.05) is 30.5 Å². The first-order chi connectivity index (χ1) is 13.5. The number of fused-ring (bicyclic) bond motifs is 1. The van der Waals surface area contributed by atoms with Crippen molar-refractivity contribution in [2.75, 3.05) is 10.6 Å². The number of aromatic nitrogens is 2. The Kier molecular flexibility index (Phi) is 4.87. The number of nitrogens with one attached hydrogen (secondary N) is 3. The van der Waals surface area contributed by atoms with Crippen molar-refractivity contribution in [2.24, 2.45) is 11.5 Å². The topological polar surface area (TPSA) is 122 Å². The third-order valence-corrected chi connectivity index (χ3v) is 5.20. The molecule has 2 atom stereocenters. The maximum Gasteiger partial charge on any atom is 0.252 e. The second-order valence-corrected chi connectivity index (χ2v) is 7.18. The number of carbonyl (C=O) groups is 1. The van der Waals surface area contributed by atoms with Crippen LogP contribution >= 0.6 is 0 Å². The van der Waals surface area contributed by atoms with Gasteiger partial charge < -0.3 is 27.1 Å². The minimum atomic E-state index is -0.752. The van der Waals surface area contributed by atoms with Gasteiger partial charge in [0.15, 0.2) is 11.6 Å². The van der Waals surface area contributed by atoms with Gasteiger partial charge in [0.2, 0.25) is 0 Å². The predicted molar refractivity (Wildman–Crippen MR) is 108 cm³/mol. The lowest BCUT2D eigenvalue weighted by Crippen LogP contribution is -2.43. The second kappa shape index (κ2) is 7.47. The number of primary amides is 1. The maximum atomic E-state index is 14.6. The molecule has 1 aromatic carbocycles. The lowest BCUT2D eigenvalue weighted by molar-refractivity contribution is 0.100. The van der Waals surface area contributed by atoms with Crippen molar-refractivity contribution >= 4 is 34.1 Å². The molecule has 146 valence electrons. The lowest BCUT2D eigenvalue weighted by atomic mass is 9.91. The standard InChI is InChI=1S/C20H23FN6O/c21-14-10-13(18(23)28)19(25-12-5-6-16-11(9-12)7-8-24-16)27-20(14)26-17-4-2-1-3-15(17)22/h5-10,15,17,24H,1-4,22H2,(H2,23,28)(H2,25,26,27). The van der Waals surface area contributed by atoms with E-state index in [4.69, 9.17) is 11.5 Å². The van der Waals surface area contributed by atoms with E-state index >= 15 is 0 Å². The maximum absolute atomic E-state index is 14.6. The first-order valence-corrected chi connectivity index (χ1v) is 9.38. The lowest BCUT2D eigenvalue weighted by Gasteiger charge is -2.30. The minimum Gasteiger partial charge on any atom is -0.365 e. The fraction of sp³-hybridized carbons (Fsp3) is 0.300. The van der Waals surface area contributed by atoms with Crippen LogP contribution < -0.4 is 22.1 Å². The van der Waals surface area contributed by atoms with Crippen molar-refractivity contribution < 1.29 is 9.18 Å². The number of rotatable bonds is 5. The van der Waals surface area contributed by atoms with Gasteiger partial charge in [-0.05, 0) is 43.2 Å². The monoisotopic (exact) mass is 382 g/mol. The molecule has 0 aliphatic heterocycles. The van der Waals surface area contributed by atoms with Gasteiger partial charge in [-0.1, -0.05) is 12.8 Å². The molecule has 0 saturated heterocycles. The summed E-state index contributed by atoms with van der Waals surface area (Å²) >= 11 is 0. The molecule has 4 rings (SSSR count). The van der Waals surface area contributed by atoms with Crippen LogP contribution in [0.2, 0.25) is 0 Å². The normalized spacial score (nSPS) is 19.5. The molecule has 1 saturated carbocycles. The van der Waals surface area contributed by atoms with Crippen molar-refractivity contribution in [3.63, 3.8) is 0 Å². The van der Waals surface area contributed by atoms with Crippen LogP contribution in [0, 0.1) is 5.82 Å². The van der Waals surface area contributed by atoms with E-state index in [1.54, 1.807) is 0 Å². The van der Waals surface area contributed by atoms with Gasteiger partial charge >= 0.3 is 0 Å². The highest BCUT2D eigenvalue weighted by molar-refractivity contribution is 5.99. The summed E-state index contributed by atoms with van der Waals surface area (Å²) in [5, 5.41) is 7.20. The number of H-pyrrole nitrogens is 1. The van der Waals surface area contributed by atoms with Crippen LogP contribution in [0.3, 0.4) is 0 Å². The van der Waals surface area contributed by atoms with Gasteiger partial charge in [-0.25, -0.2) is 9.37 Å². The van der Waals surface area contributed by atoms with Gasteiger partial charge in [0.1, 0.15) is 5.82 Å². The number of anilines is 3. The van der Waals surface area contributed by atoms with Crippen LogP contribution in [0.15, 0.2) is 36.5 Å². The number of halogens is 1. The molecule has 1 aliphatic carbocycles. The van der Waals surface area contributed by atoms with E-state index in [2.05, 4.69) is 20.6 Å². The molecule has 0 radical (unpaired) electrons.